The van der Waals surface area contributed by atoms with Gasteiger partial charge >= 0.3 is 24.7 Å². The number of amides is 1. The number of Topliss-reactive ketones (excluding diaryl/α,β-unsaturated/α-hetero) is 1. The third-order valence-electron chi connectivity index (χ3n) is 8.57. The summed E-state index contributed by atoms with van der Waals surface area (Å²) in [6.07, 6.45) is 3.76. The minimum Gasteiger partial charge on any atom is -0.866 e. The zero-order valence-electron chi connectivity index (χ0n) is 35.6. The van der Waals surface area contributed by atoms with E-state index in [0.29, 0.717) is 46.8 Å². The molecule has 61 heavy (non-hydrogen) atoms. The smallest absolute Gasteiger partial charge is 0.866 e. The van der Waals surface area contributed by atoms with E-state index in [1.165, 1.54) is 34.0 Å². The van der Waals surface area contributed by atoms with E-state index in [0.717, 1.165) is 0 Å². The third kappa shape index (κ3) is 11.8. The second kappa shape index (κ2) is 19.2. The number of hydrogen-bond acceptors (Lipinski definition) is 15. The van der Waals surface area contributed by atoms with Crippen LogP contribution in [0.1, 0.15) is 67.6 Å². The first kappa shape index (κ1) is 47.0. The molecule has 1 aliphatic heterocycles. The Kier molecular flexibility index (Phi) is 14.8. The van der Waals surface area contributed by atoms with Crippen molar-refractivity contribution in [3.8, 4) is 17.3 Å². The van der Waals surface area contributed by atoms with E-state index in [2.05, 4.69) is 30.6 Å². The van der Waals surface area contributed by atoms with Gasteiger partial charge in [0.25, 0.3) is 5.69 Å². The van der Waals surface area contributed by atoms with Gasteiger partial charge in [-0.15, -0.1) is 15.3 Å². The molecule has 6 rings (SSSR count). The maximum Gasteiger partial charge on any atom is 3.00 e. The van der Waals surface area contributed by atoms with E-state index in [4.69, 9.17) is 0 Å². The van der Waals surface area contributed by atoms with Crippen molar-refractivity contribution in [3.63, 3.8) is 0 Å². The number of azo groups is 1. The van der Waals surface area contributed by atoms with Gasteiger partial charge in [0, 0.05) is 17.7 Å². The molecular formula is C42H43CrN10O8. The zero-order valence-corrected chi connectivity index (χ0v) is 35.9. The predicted octanol–water partition coefficient (Wildman–Crippen LogP) is 7.68. The number of hydrogen-bond donors (Lipinski definition) is 0. The number of aromatic nitrogens is 2. The molecular weight excluding hydrogens is 825 g/mol. The van der Waals surface area contributed by atoms with Gasteiger partial charge in [0.05, 0.1) is 39.1 Å². The number of hydroxylamine groups is 2. The Balaban J connectivity index is 0.000000320. The summed E-state index contributed by atoms with van der Waals surface area (Å²) < 4.78 is 1.19. The Morgan fingerprint density at radius 2 is 1.41 bits per heavy atom. The fourth-order valence-electron chi connectivity index (χ4n) is 6.08. The van der Waals surface area contributed by atoms with Gasteiger partial charge in [0.2, 0.25) is 5.78 Å². The average Bonchev–Trinajstić information content (AvgIpc) is 3.62. The molecule has 1 aliphatic carbocycles. The molecule has 0 N–H and O–H groups in total. The van der Waals surface area contributed by atoms with Crippen LogP contribution in [0.4, 0.5) is 22.7 Å². The predicted molar refractivity (Wildman–Crippen MR) is 224 cm³/mol. The van der Waals surface area contributed by atoms with Crippen LogP contribution < -0.4 is 15.2 Å². The topological polar surface area (TPSA) is 256 Å². The number of carbonyl (C=O) groups excluding carboxylic acids is 2. The monoisotopic (exact) mass is 867 g/mol. The molecule has 0 atom stereocenters. The minimum atomic E-state index is -0.845. The van der Waals surface area contributed by atoms with E-state index >= 15 is 0 Å². The van der Waals surface area contributed by atoms with Crippen molar-refractivity contribution in [2.75, 3.05) is 5.01 Å². The first-order valence-electron chi connectivity index (χ1n) is 18.6. The number of nitrogens with zero attached hydrogens (tertiary/aromatic N) is 10. The fraction of sp³-hybridized carbons (Fsp3) is 0.286. The summed E-state index contributed by atoms with van der Waals surface area (Å²) in [5.74, 6) is -2.67. The number of hydrazone groups is 1. The number of rotatable bonds is 9. The average molecular weight is 868 g/mol. The molecule has 2 heterocycles. The molecule has 0 saturated heterocycles. The van der Waals surface area contributed by atoms with Gasteiger partial charge in [0.1, 0.15) is 11.4 Å². The molecule has 2 aliphatic rings. The van der Waals surface area contributed by atoms with Crippen molar-refractivity contribution in [2.45, 2.75) is 68.2 Å². The van der Waals surface area contributed by atoms with Gasteiger partial charge in [-0.05, 0) is 91.1 Å². The number of allylic oxidation sites excluding steroid dienone is 4. The van der Waals surface area contributed by atoms with Crippen molar-refractivity contribution in [1.82, 2.24) is 15.0 Å². The molecule has 1 radical (unpaired) electrons. The third-order valence-corrected chi connectivity index (χ3v) is 8.57. The van der Waals surface area contributed by atoms with Crippen LogP contribution in [-0.2, 0) is 33.4 Å². The summed E-state index contributed by atoms with van der Waals surface area (Å²) in [4.78, 5) is 35.7. The SMILES string of the molecule is CC1=NN(c2ccccc2)C(=O)C1=NN=C1C=C(CC(C)(C)C)C=C(N([O-])[O-])C1=O.Cc1nn(-c2ccccc2)c([O-])c1N=Nc1cc(CC(C)(C)C)cc([N+](=O)[O-])c1[O-].[Cr+3].[H+]. The molecule has 1 aromatic heterocycles. The molecule has 0 bridgehead atoms. The number of ketones is 1. The van der Waals surface area contributed by atoms with Crippen molar-refractivity contribution < 1.29 is 43.5 Å². The van der Waals surface area contributed by atoms with Crippen LogP contribution in [0.25, 0.3) is 5.69 Å². The first-order chi connectivity index (χ1) is 28.1. The van der Waals surface area contributed by atoms with Gasteiger partial charge in [-0.2, -0.15) is 20.3 Å². The normalized spacial score (nSPS) is 15.6. The quantitative estimate of drug-likeness (QED) is 0.0686. The summed E-state index contributed by atoms with van der Waals surface area (Å²) >= 11 is 0. The van der Waals surface area contributed by atoms with Crippen molar-refractivity contribution in [3.05, 3.63) is 128 Å². The van der Waals surface area contributed by atoms with Crippen LogP contribution in [0.5, 0.6) is 11.6 Å². The van der Waals surface area contributed by atoms with E-state index in [1.54, 1.807) is 62.4 Å². The van der Waals surface area contributed by atoms with Gasteiger partial charge < -0.3 is 25.9 Å². The van der Waals surface area contributed by atoms with E-state index < -0.39 is 44.9 Å². The van der Waals surface area contributed by atoms with Crippen LogP contribution in [0, 0.1) is 38.3 Å². The number of aryl methyl sites for hydroxylation is 1. The summed E-state index contributed by atoms with van der Waals surface area (Å²) in [5.41, 5.74) is 1.15. The van der Waals surface area contributed by atoms with Crippen LogP contribution in [0.2, 0.25) is 0 Å². The number of nitro groups is 1. The molecule has 0 saturated carbocycles. The Hall–Kier alpha value is -6.65. The fourth-order valence-corrected chi connectivity index (χ4v) is 6.08. The number of para-hydroxylation sites is 2. The standard InChI is InChI=1S/C21H23N5O4.C21H21N5O4.Cr/c2*1-13-18(20(28)25(24-13)15-8-6-5-7-9-15)23-22-16-10-14(12-21(2,3)4)11-17(19(16)27)26(29)30;/h5-11,27-28H,12H2,1-4H3;5-11H,12H2,1-4H3;/q;-2;+3/p-1. The molecule has 0 unspecified atom stereocenters. The molecule has 0 fully saturated rings. The van der Waals surface area contributed by atoms with Crippen LogP contribution in [0.3, 0.4) is 0 Å². The van der Waals surface area contributed by atoms with Crippen LogP contribution in [0.15, 0.2) is 122 Å². The largest absolute Gasteiger partial charge is 3.00 e. The Morgan fingerprint density at radius 3 is 1.97 bits per heavy atom. The molecule has 0 spiro atoms. The Labute approximate surface area is 364 Å². The Morgan fingerprint density at radius 1 is 0.820 bits per heavy atom. The number of nitro benzene ring substituents is 1. The molecule has 3 aromatic carbocycles. The summed E-state index contributed by atoms with van der Waals surface area (Å²) in [7, 11) is 0. The van der Waals surface area contributed by atoms with Crippen molar-refractivity contribution in [2.24, 2.45) is 36.4 Å². The van der Waals surface area contributed by atoms with Gasteiger partial charge in [-0.1, -0.05) is 77.9 Å². The maximum atomic E-state index is 12.7. The van der Waals surface area contributed by atoms with E-state index in [-0.39, 0.29) is 52.4 Å². The number of benzene rings is 3. The van der Waals surface area contributed by atoms with Gasteiger partial charge in [-0.3, -0.25) is 19.7 Å². The number of anilines is 1. The zero-order chi connectivity index (χ0) is 44.1. The molecule has 1 amide bonds. The number of carbonyl (C=O) groups is 2. The summed E-state index contributed by atoms with van der Waals surface area (Å²) in [5, 5.41) is 83.5. The van der Waals surface area contributed by atoms with Crippen LogP contribution >= 0.6 is 0 Å². The van der Waals surface area contributed by atoms with E-state index in [1.807, 2.05) is 53.7 Å². The minimum absolute atomic E-state index is 0. The van der Waals surface area contributed by atoms with E-state index in [9.17, 15) is 40.3 Å². The molecule has 315 valence electrons. The first-order valence-corrected chi connectivity index (χ1v) is 18.6. The molecule has 4 aromatic rings. The summed E-state index contributed by atoms with van der Waals surface area (Å²) in [6, 6.07) is 20.4. The van der Waals surface area contributed by atoms with Gasteiger partial charge in [-0.25, -0.2) is 4.68 Å². The second-order valence-corrected chi connectivity index (χ2v) is 16.3. The molecule has 18 nitrogen and oxygen atoms in total. The molecule has 19 heteroatoms. The van der Waals surface area contributed by atoms with Crippen molar-refractivity contribution in [1.29, 1.82) is 0 Å². The second-order valence-electron chi connectivity index (χ2n) is 16.3. The summed E-state index contributed by atoms with van der Waals surface area (Å²) in [6.45, 7) is 15.1. The van der Waals surface area contributed by atoms with Gasteiger partial charge in [0.15, 0.2) is 5.71 Å². The van der Waals surface area contributed by atoms with Crippen molar-refractivity contribution >= 4 is 51.6 Å². The maximum absolute atomic E-state index is 12.7. The Bertz CT molecular complexity index is 2500. The van der Waals surface area contributed by atoms with Crippen LogP contribution in [-0.4, -0.2) is 48.8 Å².